The van der Waals surface area contributed by atoms with E-state index < -0.39 is 0 Å². The molecule has 128 valence electrons. The van der Waals surface area contributed by atoms with E-state index in [9.17, 15) is 4.79 Å². The van der Waals surface area contributed by atoms with Gasteiger partial charge < -0.3 is 14.7 Å². The standard InChI is InChI=1S/C19H20N4O2/c1-13-20-18(25-22-13)12-14-7-4-5-10-17(14)21-19(24)15-8-6-9-16(11-15)23(2)3/h4-11H,12H2,1-3H3,(H,21,24). The molecule has 6 heteroatoms. The fourth-order valence-electron chi connectivity index (χ4n) is 2.49. The zero-order chi connectivity index (χ0) is 17.8. The predicted molar refractivity (Wildman–Crippen MR) is 97.0 cm³/mol. The van der Waals surface area contributed by atoms with Crippen molar-refractivity contribution in [2.45, 2.75) is 13.3 Å². The summed E-state index contributed by atoms with van der Waals surface area (Å²) >= 11 is 0. The van der Waals surface area contributed by atoms with E-state index in [1.54, 1.807) is 13.0 Å². The molecular formula is C19H20N4O2. The largest absolute Gasteiger partial charge is 0.378 e. The molecule has 0 aliphatic carbocycles. The summed E-state index contributed by atoms with van der Waals surface area (Å²) in [6.07, 6.45) is 0.467. The van der Waals surface area contributed by atoms with Crippen molar-refractivity contribution in [3.8, 4) is 0 Å². The zero-order valence-corrected chi connectivity index (χ0v) is 14.5. The summed E-state index contributed by atoms with van der Waals surface area (Å²) in [6.45, 7) is 1.78. The Morgan fingerprint density at radius 2 is 1.96 bits per heavy atom. The van der Waals surface area contributed by atoms with Crippen molar-refractivity contribution in [1.82, 2.24) is 10.1 Å². The van der Waals surface area contributed by atoms with Crippen LogP contribution in [0.2, 0.25) is 0 Å². The molecule has 0 saturated carbocycles. The van der Waals surface area contributed by atoms with Crippen molar-refractivity contribution in [3.63, 3.8) is 0 Å². The highest BCUT2D eigenvalue weighted by Crippen LogP contribution is 2.20. The molecule has 0 radical (unpaired) electrons. The SMILES string of the molecule is Cc1noc(Cc2ccccc2NC(=O)c2cccc(N(C)C)c2)n1. The third kappa shape index (κ3) is 4.03. The number of amides is 1. The lowest BCUT2D eigenvalue weighted by molar-refractivity contribution is 0.102. The number of rotatable bonds is 5. The number of benzene rings is 2. The van der Waals surface area contributed by atoms with Gasteiger partial charge in [-0.2, -0.15) is 4.98 Å². The Balaban J connectivity index is 1.81. The van der Waals surface area contributed by atoms with E-state index >= 15 is 0 Å². The van der Waals surface area contributed by atoms with Crippen LogP contribution >= 0.6 is 0 Å². The Morgan fingerprint density at radius 1 is 1.16 bits per heavy atom. The van der Waals surface area contributed by atoms with Gasteiger partial charge in [0.2, 0.25) is 5.89 Å². The summed E-state index contributed by atoms with van der Waals surface area (Å²) in [6, 6.07) is 15.1. The second-order valence-electron chi connectivity index (χ2n) is 5.97. The van der Waals surface area contributed by atoms with Crippen LogP contribution < -0.4 is 10.2 Å². The van der Waals surface area contributed by atoms with Gasteiger partial charge >= 0.3 is 0 Å². The summed E-state index contributed by atoms with van der Waals surface area (Å²) in [5, 5.41) is 6.77. The van der Waals surface area contributed by atoms with Crippen LogP contribution in [-0.4, -0.2) is 30.1 Å². The van der Waals surface area contributed by atoms with Crippen LogP contribution in [0.5, 0.6) is 0 Å². The zero-order valence-electron chi connectivity index (χ0n) is 14.5. The highest BCUT2D eigenvalue weighted by Gasteiger charge is 2.12. The van der Waals surface area contributed by atoms with Crippen molar-refractivity contribution in [1.29, 1.82) is 0 Å². The minimum absolute atomic E-state index is 0.155. The van der Waals surface area contributed by atoms with E-state index in [2.05, 4.69) is 15.5 Å². The maximum Gasteiger partial charge on any atom is 0.255 e. The molecule has 25 heavy (non-hydrogen) atoms. The summed E-state index contributed by atoms with van der Waals surface area (Å²) in [7, 11) is 3.89. The van der Waals surface area contributed by atoms with E-state index in [1.165, 1.54) is 0 Å². The lowest BCUT2D eigenvalue weighted by Gasteiger charge is -2.14. The first-order valence-corrected chi connectivity index (χ1v) is 7.99. The fraction of sp³-hybridized carbons (Fsp3) is 0.211. The van der Waals surface area contributed by atoms with Crippen molar-refractivity contribution in [2.75, 3.05) is 24.3 Å². The first-order valence-electron chi connectivity index (χ1n) is 7.99. The number of aryl methyl sites for hydroxylation is 1. The van der Waals surface area contributed by atoms with E-state index in [4.69, 9.17) is 4.52 Å². The molecule has 3 aromatic rings. The van der Waals surface area contributed by atoms with Crippen LogP contribution in [0.25, 0.3) is 0 Å². The smallest absolute Gasteiger partial charge is 0.255 e. The van der Waals surface area contributed by atoms with E-state index in [1.807, 2.05) is 61.5 Å². The number of hydrogen-bond donors (Lipinski definition) is 1. The molecule has 1 amide bonds. The van der Waals surface area contributed by atoms with Crippen LogP contribution in [0.4, 0.5) is 11.4 Å². The predicted octanol–water partition coefficient (Wildman–Crippen LogP) is 3.29. The van der Waals surface area contributed by atoms with Crippen LogP contribution in [0.3, 0.4) is 0 Å². The van der Waals surface area contributed by atoms with Gasteiger partial charge in [-0.3, -0.25) is 4.79 Å². The van der Waals surface area contributed by atoms with Crippen molar-refractivity contribution >= 4 is 17.3 Å². The number of carbonyl (C=O) groups is 1. The summed E-state index contributed by atoms with van der Waals surface area (Å²) in [5.74, 6) is 0.962. The second-order valence-corrected chi connectivity index (χ2v) is 5.97. The fourth-order valence-corrected chi connectivity index (χ4v) is 2.49. The van der Waals surface area contributed by atoms with Crippen LogP contribution in [-0.2, 0) is 6.42 Å². The van der Waals surface area contributed by atoms with Gasteiger partial charge in [-0.05, 0) is 36.8 Å². The van der Waals surface area contributed by atoms with E-state index in [0.717, 1.165) is 16.9 Å². The third-order valence-electron chi connectivity index (χ3n) is 3.80. The highest BCUT2D eigenvalue weighted by molar-refractivity contribution is 6.05. The second kappa shape index (κ2) is 7.17. The minimum atomic E-state index is -0.155. The first-order chi connectivity index (χ1) is 12.0. The van der Waals surface area contributed by atoms with Crippen molar-refractivity contribution in [3.05, 3.63) is 71.4 Å². The number of hydrogen-bond acceptors (Lipinski definition) is 5. The molecule has 0 fully saturated rings. The molecule has 1 heterocycles. The topological polar surface area (TPSA) is 71.3 Å². The maximum absolute atomic E-state index is 12.6. The van der Waals surface area contributed by atoms with E-state index in [-0.39, 0.29) is 5.91 Å². The number of para-hydroxylation sites is 1. The Bertz CT molecular complexity index is 886. The molecule has 6 nitrogen and oxygen atoms in total. The summed E-state index contributed by atoms with van der Waals surface area (Å²) < 4.78 is 5.18. The molecule has 1 N–H and O–H groups in total. The quantitative estimate of drug-likeness (QED) is 0.774. The Hall–Kier alpha value is -3.15. The number of aromatic nitrogens is 2. The summed E-state index contributed by atoms with van der Waals surface area (Å²) in [4.78, 5) is 18.8. The van der Waals surface area contributed by atoms with Crippen LogP contribution in [0.15, 0.2) is 53.1 Å². The van der Waals surface area contributed by atoms with Gasteiger partial charge in [0.1, 0.15) is 0 Å². The van der Waals surface area contributed by atoms with Crippen LogP contribution in [0.1, 0.15) is 27.6 Å². The molecule has 0 unspecified atom stereocenters. The molecule has 0 saturated heterocycles. The van der Waals surface area contributed by atoms with Gasteiger partial charge in [0, 0.05) is 31.0 Å². The van der Waals surface area contributed by atoms with Gasteiger partial charge in [-0.1, -0.05) is 29.4 Å². The molecule has 2 aromatic carbocycles. The molecule has 3 rings (SSSR count). The van der Waals surface area contributed by atoms with Crippen molar-refractivity contribution in [2.24, 2.45) is 0 Å². The van der Waals surface area contributed by atoms with Crippen molar-refractivity contribution < 1.29 is 9.32 Å². The number of nitrogens with one attached hydrogen (secondary N) is 1. The molecule has 0 bridgehead atoms. The normalized spacial score (nSPS) is 10.5. The highest BCUT2D eigenvalue weighted by atomic mass is 16.5. The molecule has 1 aromatic heterocycles. The lowest BCUT2D eigenvalue weighted by Crippen LogP contribution is -2.15. The van der Waals surface area contributed by atoms with Gasteiger partial charge in [0.15, 0.2) is 5.82 Å². The average molecular weight is 336 g/mol. The van der Waals surface area contributed by atoms with Gasteiger partial charge in [0.25, 0.3) is 5.91 Å². The van der Waals surface area contributed by atoms with Gasteiger partial charge in [-0.15, -0.1) is 0 Å². The minimum Gasteiger partial charge on any atom is -0.378 e. The maximum atomic E-state index is 12.6. The molecule has 0 aliphatic heterocycles. The van der Waals surface area contributed by atoms with Gasteiger partial charge in [-0.25, -0.2) is 0 Å². The molecule has 0 aliphatic rings. The molecular weight excluding hydrogens is 316 g/mol. The number of carbonyl (C=O) groups excluding carboxylic acids is 1. The monoisotopic (exact) mass is 336 g/mol. The number of nitrogens with zero attached hydrogens (tertiary/aromatic N) is 3. The summed E-state index contributed by atoms with van der Waals surface area (Å²) in [5.41, 5.74) is 3.23. The Labute approximate surface area is 146 Å². The Kier molecular flexibility index (Phi) is 4.79. The number of anilines is 2. The Morgan fingerprint density at radius 3 is 2.68 bits per heavy atom. The first kappa shape index (κ1) is 16.7. The molecule has 0 spiro atoms. The van der Waals surface area contributed by atoms with E-state index in [0.29, 0.717) is 23.7 Å². The molecule has 0 atom stereocenters. The van der Waals surface area contributed by atoms with Gasteiger partial charge in [0.05, 0.1) is 6.42 Å². The third-order valence-corrected chi connectivity index (χ3v) is 3.80. The average Bonchev–Trinajstić information content (AvgIpc) is 3.01. The lowest BCUT2D eigenvalue weighted by atomic mass is 10.1. The van der Waals surface area contributed by atoms with Crippen LogP contribution in [0, 0.1) is 6.92 Å².